The monoisotopic (exact) mass is 407 g/mol. The average molecular weight is 409 g/mol. The number of carbonyl (C=O) groups is 1. The standard InChI is InChI=1S/C16H11BrClN3OS/c1-21(15(22)11-3-2-4-13(18)9-11)16-20-19-14(23-16)10-5-7-12(17)8-6-10/h2-9H,1H3. The first-order valence-corrected chi connectivity index (χ1v) is 8.66. The normalized spacial score (nSPS) is 10.6. The van der Waals surface area contributed by atoms with Crippen LogP contribution in [-0.4, -0.2) is 23.2 Å². The van der Waals surface area contributed by atoms with Gasteiger partial charge in [-0.1, -0.05) is 57.1 Å². The molecule has 0 saturated carbocycles. The largest absolute Gasteiger partial charge is 0.286 e. The predicted molar refractivity (Wildman–Crippen MR) is 97.2 cm³/mol. The highest BCUT2D eigenvalue weighted by Crippen LogP contribution is 2.29. The van der Waals surface area contributed by atoms with E-state index in [0.717, 1.165) is 15.0 Å². The minimum atomic E-state index is -0.175. The van der Waals surface area contributed by atoms with Crippen LogP contribution in [0.4, 0.5) is 5.13 Å². The Morgan fingerprint density at radius 2 is 1.91 bits per heavy atom. The van der Waals surface area contributed by atoms with Gasteiger partial charge < -0.3 is 0 Å². The Balaban J connectivity index is 1.84. The molecule has 0 spiro atoms. The third-order valence-corrected chi connectivity index (χ3v) is 4.98. The molecule has 3 rings (SSSR count). The van der Waals surface area contributed by atoms with E-state index in [9.17, 15) is 4.79 Å². The molecule has 0 aliphatic heterocycles. The maximum absolute atomic E-state index is 12.5. The van der Waals surface area contributed by atoms with Gasteiger partial charge in [-0.25, -0.2) is 0 Å². The number of hydrogen-bond donors (Lipinski definition) is 0. The number of aromatic nitrogens is 2. The van der Waals surface area contributed by atoms with Gasteiger partial charge in [0.05, 0.1) is 0 Å². The molecule has 0 aliphatic rings. The van der Waals surface area contributed by atoms with Gasteiger partial charge in [0.25, 0.3) is 5.91 Å². The molecular weight excluding hydrogens is 398 g/mol. The lowest BCUT2D eigenvalue weighted by atomic mass is 10.2. The molecule has 0 aliphatic carbocycles. The third kappa shape index (κ3) is 3.60. The van der Waals surface area contributed by atoms with Crippen LogP contribution in [0.15, 0.2) is 53.0 Å². The molecule has 1 aromatic heterocycles. The Kier molecular flexibility index (Phi) is 4.75. The minimum Gasteiger partial charge on any atom is -0.286 e. The molecule has 1 amide bonds. The average Bonchev–Trinajstić information content (AvgIpc) is 3.04. The maximum atomic E-state index is 12.5. The van der Waals surface area contributed by atoms with E-state index < -0.39 is 0 Å². The fourth-order valence-electron chi connectivity index (χ4n) is 1.96. The Hall–Kier alpha value is -1.76. The predicted octanol–water partition coefficient (Wildman–Crippen LogP) is 4.90. The van der Waals surface area contributed by atoms with Crippen LogP contribution in [0.25, 0.3) is 10.6 Å². The van der Waals surface area contributed by atoms with Crippen molar-refractivity contribution in [3.8, 4) is 10.6 Å². The number of benzene rings is 2. The summed E-state index contributed by atoms with van der Waals surface area (Å²) >= 11 is 10.7. The number of carbonyl (C=O) groups excluding carboxylic acids is 1. The number of halogens is 2. The number of amides is 1. The minimum absolute atomic E-state index is 0.175. The van der Waals surface area contributed by atoms with Crippen molar-refractivity contribution >= 4 is 49.9 Å². The van der Waals surface area contributed by atoms with E-state index >= 15 is 0 Å². The van der Waals surface area contributed by atoms with Crippen molar-refractivity contribution in [2.24, 2.45) is 0 Å². The van der Waals surface area contributed by atoms with Gasteiger partial charge in [0.15, 0.2) is 0 Å². The summed E-state index contributed by atoms with van der Waals surface area (Å²) in [5.74, 6) is -0.175. The summed E-state index contributed by atoms with van der Waals surface area (Å²) in [6, 6.07) is 14.6. The van der Waals surface area contributed by atoms with Crippen molar-refractivity contribution < 1.29 is 4.79 Å². The second-order valence-electron chi connectivity index (χ2n) is 4.77. The zero-order valence-electron chi connectivity index (χ0n) is 12.0. The molecule has 0 bridgehead atoms. The van der Waals surface area contributed by atoms with Crippen LogP contribution in [0.2, 0.25) is 5.02 Å². The topological polar surface area (TPSA) is 46.1 Å². The van der Waals surface area contributed by atoms with Gasteiger partial charge in [0.1, 0.15) is 5.01 Å². The molecule has 0 saturated heterocycles. The van der Waals surface area contributed by atoms with Crippen LogP contribution in [0.1, 0.15) is 10.4 Å². The number of hydrogen-bond acceptors (Lipinski definition) is 4. The summed E-state index contributed by atoms with van der Waals surface area (Å²) in [4.78, 5) is 14.0. The molecule has 2 aromatic carbocycles. The van der Waals surface area contributed by atoms with Crippen LogP contribution >= 0.6 is 38.9 Å². The Labute approximate surface area is 150 Å². The summed E-state index contributed by atoms with van der Waals surface area (Å²) < 4.78 is 0.999. The van der Waals surface area contributed by atoms with Gasteiger partial charge in [0, 0.05) is 27.7 Å². The number of rotatable bonds is 3. The molecule has 1 heterocycles. The fourth-order valence-corrected chi connectivity index (χ4v) is 3.23. The molecule has 23 heavy (non-hydrogen) atoms. The lowest BCUT2D eigenvalue weighted by molar-refractivity contribution is 0.0993. The van der Waals surface area contributed by atoms with E-state index in [2.05, 4.69) is 26.1 Å². The summed E-state index contributed by atoms with van der Waals surface area (Å²) in [5.41, 5.74) is 1.47. The molecular formula is C16H11BrClN3OS. The first-order valence-electron chi connectivity index (χ1n) is 6.67. The van der Waals surface area contributed by atoms with Gasteiger partial charge in [-0.2, -0.15) is 0 Å². The van der Waals surface area contributed by atoms with Gasteiger partial charge in [-0.15, -0.1) is 10.2 Å². The van der Waals surface area contributed by atoms with Crippen LogP contribution in [0, 0.1) is 0 Å². The van der Waals surface area contributed by atoms with E-state index in [-0.39, 0.29) is 5.91 Å². The first kappa shape index (κ1) is 16.1. The molecule has 0 N–H and O–H groups in total. The fraction of sp³-hybridized carbons (Fsp3) is 0.0625. The Morgan fingerprint density at radius 3 is 2.61 bits per heavy atom. The van der Waals surface area contributed by atoms with Crippen molar-refractivity contribution in [1.82, 2.24) is 10.2 Å². The highest BCUT2D eigenvalue weighted by molar-refractivity contribution is 9.10. The molecule has 0 unspecified atom stereocenters. The first-order chi connectivity index (χ1) is 11.0. The summed E-state index contributed by atoms with van der Waals surface area (Å²) in [6.07, 6.45) is 0. The summed E-state index contributed by atoms with van der Waals surface area (Å²) in [7, 11) is 1.68. The van der Waals surface area contributed by atoms with Gasteiger partial charge in [0.2, 0.25) is 5.13 Å². The molecule has 0 fully saturated rings. The zero-order valence-corrected chi connectivity index (χ0v) is 15.2. The maximum Gasteiger partial charge on any atom is 0.259 e. The Morgan fingerprint density at radius 1 is 1.17 bits per heavy atom. The van der Waals surface area contributed by atoms with Crippen LogP contribution in [0.3, 0.4) is 0 Å². The van der Waals surface area contributed by atoms with E-state index in [4.69, 9.17) is 11.6 Å². The van der Waals surface area contributed by atoms with E-state index in [0.29, 0.717) is 15.7 Å². The summed E-state index contributed by atoms with van der Waals surface area (Å²) in [5, 5.41) is 10.1. The zero-order chi connectivity index (χ0) is 16.4. The van der Waals surface area contributed by atoms with Gasteiger partial charge in [-0.05, 0) is 30.3 Å². The highest BCUT2D eigenvalue weighted by Gasteiger charge is 2.18. The van der Waals surface area contributed by atoms with Crippen LogP contribution in [0.5, 0.6) is 0 Å². The van der Waals surface area contributed by atoms with Crippen molar-refractivity contribution in [2.75, 3.05) is 11.9 Å². The van der Waals surface area contributed by atoms with Crippen LogP contribution < -0.4 is 4.90 Å². The summed E-state index contributed by atoms with van der Waals surface area (Å²) in [6.45, 7) is 0. The number of nitrogens with zero attached hydrogens (tertiary/aromatic N) is 3. The second kappa shape index (κ2) is 6.78. The van der Waals surface area contributed by atoms with Crippen LogP contribution in [-0.2, 0) is 0 Å². The molecule has 7 heteroatoms. The van der Waals surface area contributed by atoms with Gasteiger partial charge >= 0.3 is 0 Å². The Bertz CT molecular complexity index is 851. The SMILES string of the molecule is CN(C(=O)c1cccc(Cl)c1)c1nnc(-c2ccc(Br)cc2)s1. The third-order valence-electron chi connectivity index (χ3n) is 3.17. The highest BCUT2D eigenvalue weighted by atomic mass is 79.9. The molecule has 3 aromatic rings. The lowest BCUT2D eigenvalue weighted by Gasteiger charge is -2.13. The quantitative estimate of drug-likeness (QED) is 0.619. The molecule has 0 atom stereocenters. The van der Waals surface area contributed by atoms with Crippen molar-refractivity contribution in [3.63, 3.8) is 0 Å². The van der Waals surface area contributed by atoms with Crippen molar-refractivity contribution in [2.45, 2.75) is 0 Å². The van der Waals surface area contributed by atoms with Crippen molar-refractivity contribution in [3.05, 3.63) is 63.6 Å². The van der Waals surface area contributed by atoms with Crippen molar-refractivity contribution in [1.29, 1.82) is 0 Å². The lowest BCUT2D eigenvalue weighted by Crippen LogP contribution is -2.26. The van der Waals surface area contributed by atoms with E-state index in [1.807, 2.05) is 24.3 Å². The van der Waals surface area contributed by atoms with E-state index in [1.54, 1.807) is 31.3 Å². The molecule has 0 radical (unpaired) electrons. The van der Waals surface area contributed by atoms with Gasteiger partial charge in [-0.3, -0.25) is 9.69 Å². The van der Waals surface area contributed by atoms with E-state index in [1.165, 1.54) is 16.2 Å². The smallest absolute Gasteiger partial charge is 0.259 e. The number of anilines is 1. The molecule has 4 nitrogen and oxygen atoms in total. The molecule has 116 valence electrons. The second-order valence-corrected chi connectivity index (χ2v) is 7.08.